The third-order valence-electron chi connectivity index (χ3n) is 2.64. The molecule has 0 aliphatic heterocycles. The molecule has 4 nitrogen and oxygen atoms in total. The van der Waals surface area contributed by atoms with Crippen molar-refractivity contribution >= 4 is 32.8 Å². The highest BCUT2D eigenvalue weighted by atomic mass is 79.9. The summed E-state index contributed by atoms with van der Waals surface area (Å²) in [7, 11) is 1.67. The molecule has 0 spiro atoms. The lowest BCUT2D eigenvalue weighted by molar-refractivity contribution is -0.136. The van der Waals surface area contributed by atoms with Crippen LogP contribution in [0.3, 0.4) is 0 Å². The third-order valence-corrected chi connectivity index (χ3v) is 3.13. The van der Waals surface area contributed by atoms with Crippen LogP contribution in [0.15, 0.2) is 33.5 Å². The van der Waals surface area contributed by atoms with Crippen LogP contribution in [0.25, 0.3) is 10.9 Å². The van der Waals surface area contributed by atoms with E-state index in [1.807, 2.05) is 12.1 Å². The number of aromatic nitrogens is 1. The first-order chi connectivity index (χ1) is 7.99. The zero-order chi connectivity index (χ0) is 12.6. The number of hydrogen-bond donors (Lipinski definition) is 1. The highest BCUT2D eigenvalue weighted by Crippen LogP contribution is 2.21. The minimum Gasteiger partial charge on any atom is -0.481 e. The van der Waals surface area contributed by atoms with Gasteiger partial charge in [0.2, 0.25) is 0 Å². The molecule has 2 aromatic rings. The fraction of sp³-hybridized carbons (Fsp3) is 0.167. The summed E-state index contributed by atoms with van der Waals surface area (Å²) >= 11 is 3.34. The van der Waals surface area contributed by atoms with Gasteiger partial charge in [0, 0.05) is 23.0 Å². The molecule has 0 radical (unpaired) electrons. The molecule has 0 saturated carbocycles. The molecule has 0 aliphatic carbocycles. The molecule has 1 aromatic heterocycles. The van der Waals surface area contributed by atoms with Crippen molar-refractivity contribution in [3.05, 3.63) is 44.7 Å². The van der Waals surface area contributed by atoms with E-state index in [9.17, 15) is 9.59 Å². The minimum atomic E-state index is -0.945. The van der Waals surface area contributed by atoms with Crippen molar-refractivity contribution in [1.82, 2.24) is 4.57 Å². The molecule has 0 aliphatic rings. The van der Waals surface area contributed by atoms with Crippen LogP contribution < -0.4 is 5.56 Å². The number of rotatable bonds is 2. The van der Waals surface area contributed by atoms with Gasteiger partial charge in [0.15, 0.2) is 0 Å². The number of carboxylic acid groups (broad SMARTS) is 1. The van der Waals surface area contributed by atoms with Crippen LogP contribution in [0.2, 0.25) is 0 Å². The molecule has 5 heteroatoms. The van der Waals surface area contributed by atoms with E-state index in [1.165, 1.54) is 10.6 Å². The van der Waals surface area contributed by atoms with Gasteiger partial charge in [0.1, 0.15) is 0 Å². The molecule has 17 heavy (non-hydrogen) atoms. The second-order valence-corrected chi connectivity index (χ2v) is 4.71. The van der Waals surface area contributed by atoms with E-state index < -0.39 is 5.97 Å². The molecule has 2 rings (SSSR count). The predicted molar refractivity (Wildman–Crippen MR) is 68.2 cm³/mol. The Kier molecular flexibility index (Phi) is 3.02. The molecule has 0 atom stereocenters. The first kappa shape index (κ1) is 11.9. The van der Waals surface area contributed by atoms with E-state index in [0.29, 0.717) is 5.56 Å². The summed E-state index contributed by atoms with van der Waals surface area (Å²) in [6, 6.07) is 6.83. The average Bonchev–Trinajstić information content (AvgIpc) is 2.25. The monoisotopic (exact) mass is 295 g/mol. The van der Waals surface area contributed by atoms with E-state index in [0.717, 1.165) is 15.4 Å². The maximum atomic E-state index is 11.7. The van der Waals surface area contributed by atoms with Crippen molar-refractivity contribution in [2.75, 3.05) is 0 Å². The van der Waals surface area contributed by atoms with Gasteiger partial charge in [-0.2, -0.15) is 0 Å². The summed E-state index contributed by atoms with van der Waals surface area (Å²) in [5.41, 5.74) is 1.07. The maximum Gasteiger partial charge on any atom is 0.307 e. The van der Waals surface area contributed by atoms with Crippen LogP contribution in [-0.2, 0) is 18.3 Å². The number of fused-ring (bicyclic) bond motifs is 1. The first-order valence-electron chi connectivity index (χ1n) is 4.99. The summed E-state index contributed by atoms with van der Waals surface area (Å²) in [5, 5.41) is 9.62. The zero-order valence-corrected chi connectivity index (χ0v) is 10.7. The molecule has 0 bridgehead atoms. The molecule has 0 unspecified atom stereocenters. The fourth-order valence-electron chi connectivity index (χ4n) is 1.81. The van der Waals surface area contributed by atoms with Crippen molar-refractivity contribution in [3.63, 3.8) is 0 Å². The summed E-state index contributed by atoms with van der Waals surface area (Å²) in [6.07, 6.45) is -0.150. The van der Waals surface area contributed by atoms with Crippen LogP contribution in [-0.4, -0.2) is 15.6 Å². The second-order valence-electron chi connectivity index (χ2n) is 3.80. The number of aryl methyl sites for hydroxylation is 1. The average molecular weight is 296 g/mol. The van der Waals surface area contributed by atoms with E-state index in [1.54, 1.807) is 13.1 Å². The van der Waals surface area contributed by atoms with Gasteiger partial charge in [-0.25, -0.2) is 0 Å². The van der Waals surface area contributed by atoms with Crippen LogP contribution in [0.5, 0.6) is 0 Å². The van der Waals surface area contributed by atoms with Crippen LogP contribution in [0, 0.1) is 0 Å². The largest absolute Gasteiger partial charge is 0.481 e. The molecule has 0 fully saturated rings. The van der Waals surface area contributed by atoms with Gasteiger partial charge in [0.25, 0.3) is 5.56 Å². The van der Waals surface area contributed by atoms with Crippen molar-refractivity contribution < 1.29 is 9.90 Å². The summed E-state index contributed by atoms with van der Waals surface area (Å²) in [6.45, 7) is 0. The lowest BCUT2D eigenvalue weighted by atomic mass is 10.1. The Morgan fingerprint density at radius 2 is 2.12 bits per heavy atom. The number of halogens is 1. The summed E-state index contributed by atoms with van der Waals surface area (Å²) in [4.78, 5) is 22.5. The number of pyridine rings is 1. The number of carbonyl (C=O) groups is 1. The zero-order valence-electron chi connectivity index (χ0n) is 9.11. The van der Waals surface area contributed by atoms with Gasteiger partial charge in [-0.3, -0.25) is 9.59 Å². The first-order valence-corrected chi connectivity index (χ1v) is 5.78. The quantitative estimate of drug-likeness (QED) is 0.921. The molecule has 88 valence electrons. The van der Waals surface area contributed by atoms with Crippen molar-refractivity contribution in [3.8, 4) is 0 Å². The number of nitrogens with zero attached hydrogens (tertiary/aromatic N) is 1. The van der Waals surface area contributed by atoms with Gasteiger partial charge >= 0.3 is 5.97 Å². The Hall–Kier alpha value is -1.62. The summed E-state index contributed by atoms with van der Waals surface area (Å²) in [5.74, 6) is -0.945. The highest BCUT2D eigenvalue weighted by molar-refractivity contribution is 9.10. The van der Waals surface area contributed by atoms with Crippen LogP contribution >= 0.6 is 15.9 Å². The van der Waals surface area contributed by atoms with Crippen LogP contribution in [0.4, 0.5) is 0 Å². The number of carboxylic acids is 1. The summed E-state index contributed by atoms with van der Waals surface area (Å²) < 4.78 is 2.36. The predicted octanol–water partition coefficient (Wildman–Crippen LogP) is 1.93. The van der Waals surface area contributed by atoms with E-state index >= 15 is 0 Å². The van der Waals surface area contributed by atoms with Crippen molar-refractivity contribution in [1.29, 1.82) is 0 Å². The minimum absolute atomic E-state index is 0.150. The Balaban J connectivity index is 2.82. The maximum absolute atomic E-state index is 11.7. The Morgan fingerprint density at radius 1 is 1.41 bits per heavy atom. The SMILES string of the molecule is Cn1c(=O)cc(CC(=O)O)c2cc(Br)ccc21. The highest BCUT2D eigenvalue weighted by Gasteiger charge is 2.09. The van der Waals surface area contributed by atoms with E-state index in [-0.39, 0.29) is 12.0 Å². The Bertz CT molecular complexity index is 661. The van der Waals surface area contributed by atoms with Gasteiger partial charge in [0.05, 0.1) is 11.9 Å². The number of aliphatic carboxylic acids is 1. The van der Waals surface area contributed by atoms with Gasteiger partial charge in [-0.05, 0) is 23.8 Å². The molecular formula is C12H10BrNO3. The molecule has 0 amide bonds. The van der Waals surface area contributed by atoms with E-state index in [2.05, 4.69) is 15.9 Å². The normalized spacial score (nSPS) is 10.7. The van der Waals surface area contributed by atoms with Gasteiger partial charge in [-0.1, -0.05) is 15.9 Å². The fourth-order valence-corrected chi connectivity index (χ4v) is 2.17. The molecule has 0 saturated heterocycles. The van der Waals surface area contributed by atoms with Gasteiger partial charge in [-0.15, -0.1) is 0 Å². The molecule has 1 N–H and O–H groups in total. The topological polar surface area (TPSA) is 59.3 Å². The lowest BCUT2D eigenvalue weighted by Gasteiger charge is -2.09. The number of benzene rings is 1. The van der Waals surface area contributed by atoms with Crippen LogP contribution in [0.1, 0.15) is 5.56 Å². The lowest BCUT2D eigenvalue weighted by Crippen LogP contribution is -2.18. The number of hydrogen-bond acceptors (Lipinski definition) is 2. The van der Waals surface area contributed by atoms with E-state index in [4.69, 9.17) is 5.11 Å². The van der Waals surface area contributed by atoms with Crippen molar-refractivity contribution in [2.45, 2.75) is 6.42 Å². The standard InChI is InChI=1S/C12H10BrNO3/c1-14-10-3-2-8(13)6-9(10)7(4-11(14)15)5-12(16)17/h2-4,6H,5H2,1H3,(H,16,17). The van der Waals surface area contributed by atoms with Crippen molar-refractivity contribution in [2.24, 2.45) is 7.05 Å². The Labute approximate surface area is 106 Å². The Morgan fingerprint density at radius 3 is 2.76 bits per heavy atom. The smallest absolute Gasteiger partial charge is 0.307 e. The second kappa shape index (κ2) is 4.33. The molecule has 1 heterocycles. The third kappa shape index (κ3) is 2.24. The van der Waals surface area contributed by atoms with Gasteiger partial charge < -0.3 is 9.67 Å². The molecular weight excluding hydrogens is 286 g/mol. The molecule has 1 aromatic carbocycles.